The van der Waals surface area contributed by atoms with Crippen LogP contribution in [0.25, 0.3) is 11.2 Å². The Balaban J connectivity index is 1.51. The molecule has 0 radical (unpaired) electrons. The number of aromatic nitrogens is 4. The molecule has 36 heavy (non-hydrogen) atoms. The summed E-state index contributed by atoms with van der Waals surface area (Å²) in [6.45, 7) is 0. The number of carbonyl (C=O) groups is 1. The van der Waals surface area contributed by atoms with Gasteiger partial charge in [-0.15, -0.1) is 0 Å². The minimum Gasteiger partial charge on any atom is -0.393 e. The predicted octanol–water partition coefficient (Wildman–Crippen LogP) is 4.95. The van der Waals surface area contributed by atoms with Gasteiger partial charge < -0.3 is 21.5 Å². The highest BCUT2D eigenvalue weighted by Crippen LogP contribution is 2.39. The van der Waals surface area contributed by atoms with Crippen LogP contribution in [0.5, 0.6) is 0 Å². The standard InChI is InChI=1S/C24H28Cl2FN7O2/c25-17-8-13(27)9-18(26)20(17)32-24-31-19-11-29-23(30-14-2-1-3-16(35)10-14)33-22(19)34(24)15-6-4-12(5-7-15)21(28)36/h8-9,11-12,14-16,35H,1-7,10H2,(H2,28,36)(H,31,32)(H,29,30,33)/t12?,14-,15?,16-/m0/s1. The van der Waals surface area contributed by atoms with E-state index in [-0.39, 0.29) is 40.1 Å². The minimum atomic E-state index is -0.539. The summed E-state index contributed by atoms with van der Waals surface area (Å²) in [6, 6.07) is 2.44. The van der Waals surface area contributed by atoms with Gasteiger partial charge >= 0.3 is 0 Å². The molecule has 12 heteroatoms. The van der Waals surface area contributed by atoms with Crippen LogP contribution in [-0.2, 0) is 4.79 Å². The summed E-state index contributed by atoms with van der Waals surface area (Å²) in [4.78, 5) is 25.6. The van der Waals surface area contributed by atoms with Crippen LogP contribution in [0.3, 0.4) is 0 Å². The lowest BCUT2D eigenvalue weighted by atomic mass is 9.85. The number of rotatable bonds is 6. The molecule has 1 aromatic carbocycles. The molecule has 0 saturated heterocycles. The first-order valence-corrected chi connectivity index (χ1v) is 12.9. The molecular weight excluding hydrogens is 508 g/mol. The van der Waals surface area contributed by atoms with Crippen LogP contribution < -0.4 is 16.4 Å². The van der Waals surface area contributed by atoms with Gasteiger partial charge in [0, 0.05) is 18.0 Å². The van der Waals surface area contributed by atoms with Crippen molar-refractivity contribution in [2.45, 2.75) is 69.6 Å². The molecule has 2 aliphatic carbocycles. The SMILES string of the molecule is NC(=O)C1CCC(n2c(Nc3c(Cl)cc(F)cc3Cl)nc3cnc(N[C@H]4CCC[C@H](O)C4)nc32)CC1. The molecular formula is C24H28Cl2FN7O2. The summed E-state index contributed by atoms with van der Waals surface area (Å²) in [6.07, 6.45) is 7.38. The largest absolute Gasteiger partial charge is 0.393 e. The lowest BCUT2D eigenvalue weighted by molar-refractivity contribution is -0.122. The van der Waals surface area contributed by atoms with Crippen LogP contribution in [0.15, 0.2) is 18.3 Å². The number of halogens is 3. The smallest absolute Gasteiger partial charge is 0.224 e. The number of nitrogens with zero attached hydrogens (tertiary/aromatic N) is 4. The Bertz CT molecular complexity index is 1260. The zero-order chi connectivity index (χ0) is 25.4. The number of aliphatic hydroxyl groups is 1. The molecule has 1 amide bonds. The van der Waals surface area contributed by atoms with Crippen molar-refractivity contribution in [3.05, 3.63) is 34.2 Å². The van der Waals surface area contributed by atoms with E-state index in [9.17, 15) is 14.3 Å². The van der Waals surface area contributed by atoms with Crippen molar-refractivity contribution in [2.75, 3.05) is 10.6 Å². The first kappa shape index (κ1) is 25.0. The second-order valence-corrected chi connectivity index (χ2v) is 10.5. The number of carbonyl (C=O) groups excluding carboxylic acids is 1. The van der Waals surface area contributed by atoms with Crippen LogP contribution in [0.4, 0.5) is 22.0 Å². The van der Waals surface area contributed by atoms with Crippen molar-refractivity contribution in [1.29, 1.82) is 0 Å². The van der Waals surface area contributed by atoms with E-state index in [0.717, 1.165) is 19.3 Å². The van der Waals surface area contributed by atoms with Gasteiger partial charge in [-0.25, -0.2) is 14.4 Å². The second-order valence-electron chi connectivity index (χ2n) is 9.65. The van der Waals surface area contributed by atoms with Crippen molar-refractivity contribution in [3.63, 3.8) is 0 Å². The van der Waals surface area contributed by atoms with Gasteiger partial charge in [0.2, 0.25) is 17.8 Å². The zero-order valence-electron chi connectivity index (χ0n) is 19.6. The Hall–Kier alpha value is -2.69. The summed E-state index contributed by atoms with van der Waals surface area (Å²) >= 11 is 12.6. The van der Waals surface area contributed by atoms with Gasteiger partial charge in [-0.3, -0.25) is 9.36 Å². The van der Waals surface area contributed by atoms with Crippen LogP contribution in [0.1, 0.15) is 57.4 Å². The third-order valence-electron chi connectivity index (χ3n) is 7.12. The van der Waals surface area contributed by atoms with E-state index in [1.807, 2.05) is 4.57 Å². The molecule has 0 spiro atoms. The van der Waals surface area contributed by atoms with Gasteiger partial charge in [0.1, 0.15) is 11.3 Å². The average molecular weight is 536 g/mol. The number of hydrogen-bond acceptors (Lipinski definition) is 7. The van der Waals surface area contributed by atoms with Crippen molar-refractivity contribution in [2.24, 2.45) is 11.7 Å². The monoisotopic (exact) mass is 535 g/mol. The van der Waals surface area contributed by atoms with Crippen molar-refractivity contribution in [3.8, 4) is 0 Å². The molecule has 9 nitrogen and oxygen atoms in total. The maximum Gasteiger partial charge on any atom is 0.224 e. The number of aliphatic hydroxyl groups excluding tert-OH is 1. The van der Waals surface area contributed by atoms with Crippen LogP contribution in [0.2, 0.25) is 10.0 Å². The van der Waals surface area contributed by atoms with Gasteiger partial charge in [-0.2, -0.15) is 4.98 Å². The van der Waals surface area contributed by atoms with Crippen LogP contribution in [-0.4, -0.2) is 42.7 Å². The molecule has 192 valence electrons. The number of amides is 1. The molecule has 2 aromatic heterocycles. The third kappa shape index (κ3) is 5.21. The fourth-order valence-corrected chi connectivity index (χ4v) is 5.82. The van der Waals surface area contributed by atoms with Gasteiger partial charge in [-0.1, -0.05) is 23.2 Å². The molecule has 3 aromatic rings. The van der Waals surface area contributed by atoms with E-state index in [2.05, 4.69) is 15.6 Å². The third-order valence-corrected chi connectivity index (χ3v) is 7.72. The maximum atomic E-state index is 13.8. The molecule has 2 fully saturated rings. The Morgan fingerprint density at radius 2 is 1.83 bits per heavy atom. The van der Waals surface area contributed by atoms with Crippen LogP contribution >= 0.6 is 23.2 Å². The first-order chi connectivity index (χ1) is 17.3. The Morgan fingerprint density at radius 3 is 2.50 bits per heavy atom. The first-order valence-electron chi connectivity index (χ1n) is 12.2. The Morgan fingerprint density at radius 1 is 1.11 bits per heavy atom. The van der Waals surface area contributed by atoms with Gasteiger partial charge in [0.25, 0.3) is 0 Å². The number of benzene rings is 1. The summed E-state index contributed by atoms with van der Waals surface area (Å²) in [5, 5.41) is 16.8. The number of imidazole rings is 1. The number of nitrogens with one attached hydrogen (secondary N) is 2. The molecule has 0 unspecified atom stereocenters. The maximum absolute atomic E-state index is 13.8. The van der Waals surface area contributed by atoms with Crippen LogP contribution in [0, 0.1) is 11.7 Å². The summed E-state index contributed by atoms with van der Waals surface area (Å²) in [5.41, 5.74) is 7.06. The average Bonchev–Trinajstić information content (AvgIpc) is 3.18. The van der Waals surface area contributed by atoms with E-state index < -0.39 is 5.82 Å². The highest BCUT2D eigenvalue weighted by molar-refractivity contribution is 6.39. The van der Waals surface area contributed by atoms with E-state index >= 15 is 0 Å². The van der Waals surface area contributed by atoms with Crippen molar-refractivity contribution in [1.82, 2.24) is 19.5 Å². The topological polar surface area (TPSA) is 131 Å². The lowest BCUT2D eigenvalue weighted by Gasteiger charge is -2.29. The number of hydrogen-bond donors (Lipinski definition) is 4. The molecule has 2 heterocycles. The molecule has 0 bridgehead atoms. The van der Waals surface area contributed by atoms with Gasteiger partial charge in [-0.05, 0) is 63.5 Å². The zero-order valence-corrected chi connectivity index (χ0v) is 21.1. The highest BCUT2D eigenvalue weighted by atomic mass is 35.5. The molecule has 5 rings (SSSR count). The summed E-state index contributed by atoms with van der Waals surface area (Å²) in [5.74, 6) is -0.0719. The second kappa shape index (κ2) is 10.4. The predicted molar refractivity (Wildman–Crippen MR) is 137 cm³/mol. The molecule has 5 N–H and O–H groups in total. The Labute approximate surface area is 217 Å². The van der Waals surface area contributed by atoms with Crippen molar-refractivity contribution < 1.29 is 14.3 Å². The molecule has 0 aliphatic heterocycles. The fraction of sp³-hybridized carbons (Fsp3) is 0.500. The number of fused-ring (bicyclic) bond motifs is 1. The fourth-order valence-electron chi connectivity index (χ4n) is 5.26. The van der Waals surface area contributed by atoms with Gasteiger partial charge in [0.15, 0.2) is 5.65 Å². The molecule has 2 aliphatic rings. The number of anilines is 3. The quantitative estimate of drug-likeness (QED) is 0.351. The minimum absolute atomic E-state index is 0.00893. The summed E-state index contributed by atoms with van der Waals surface area (Å²) < 4.78 is 15.7. The van der Waals surface area contributed by atoms with E-state index in [1.165, 1.54) is 12.1 Å². The number of nitrogens with two attached hydrogens (primary N) is 1. The molecule has 2 atom stereocenters. The van der Waals surface area contributed by atoms with E-state index in [1.54, 1.807) is 6.20 Å². The summed E-state index contributed by atoms with van der Waals surface area (Å²) in [7, 11) is 0. The normalized spacial score (nSPS) is 24.6. The van der Waals surface area contributed by atoms with Gasteiger partial charge in [0.05, 0.1) is 28.0 Å². The number of primary amides is 1. The molecule has 2 saturated carbocycles. The highest BCUT2D eigenvalue weighted by Gasteiger charge is 2.30. The van der Waals surface area contributed by atoms with E-state index in [0.29, 0.717) is 60.9 Å². The van der Waals surface area contributed by atoms with E-state index in [4.69, 9.17) is 38.9 Å². The lowest BCUT2D eigenvalue weighted by Crippen LogP contribution is -2.30. The Kier molecular flexibility index (Phi) is 7.18. The van der Waals surface area contributed by atoms with Crippen molar-refractivity contribution >= 4 is 57.9 Å².